The number of carbonyl (C=O) groups is 1. The van der Waals surface area contributed by atoms with E-state index in [1.54, 1.807) is 12.1 Å². The lowest BCUT2D eigenvalue weighted by Crippen LogP contribution is -2.57. The fourth-order valence-electron chi connectivity index (χ4n) is 1.45. The second kappa shape index (κ2) is 7.07. The van der Waals surface area contributed by atoms with Gasteiger partial charge in [0.1, 0.15) is 5.54 Å². The molecule has 4 N–H and O–H groups in total. The van der Waals surface area contributed by atoms with Gasteiger partial charge in [0.15, 0.2) is 0 Å². The fourth-order valence-corrected chi connectivity index (χ4v) is 1.92. The van der Waals surface area contributed by atoms with Gasteiger partial charge in [-0.2, -0.15) is 0 Å². The Morgan fingerprint density at radius 1 is 1.16 bits per heavy atom. The summed E-state index contributed by atoms with van der Waals surface area (Å²) < 4.78 is 0. The van der Waals surface area contributed by atoms with Crippen molar-refractivity contribution in [2.45, 2.75) is 12.0 Å². The molecule has 5 nitrogen and oxygen atoms in total. The Morgan fingerprint density at radius 2 is 1.74 bits per heavy atom. The SMILES string of the molecule is O=C(Cc1ccc(Cl)cc1Cl)NC(CO)(CO)CO. The highest BCUT2D eigenvalue weighted by atomic mass is 35.5. The second-order valence-corrected chi connectivity index (χ2v) is 5.06. The first kappa shape index (κ1) is 16.2. The number of hydrogen-bond acceptors (Lipinski definition) is 4. The smallest absolute Gasteiger partial charge is 0.225 e. The number of nitrogens with one attached hydrogen (secondary N) is 1. The molecule has 0 radical (unpaired) electrons. The zero-order valence-corrected chi connectivity index (χ0v) is 11.6. The van der Waals surface area contributed by atoms with Crippen LogP contribution in [-0.4, -0.2) is 46.6 Å². The molecule has 1 aromatic carbocycles. The number of rotatable bonds is 6. The van der Waals surface area contributed by atoms with Crippen LogP contribution in [0.2, 0.25) is 10.0 Å². The molecule has 7 heteroatoms. The molecule has 0 unspecified atom stereocenters. The third-order valence-corrected chi connectivity index (χ3v) is 3.27. The molecule has 0 saturated carbocycles. The van der Waals surface area contributed by atoms with Gasteiger partial charge >= 0.3 is 0 Å². The number of benzene rings is 1. The summed E-state index contributed by atoms with van der Waals surface area (Å²) in [6.07, 6.45) is -0.0439. The number of hydrogen-bond donors (Lipinski definition) is 4. The van der Waals surface area contributed by atoms with Gasteiger partial charge in [0, 0.05) is 10.0 Å². The lowest BCUT2D eigenvalue weighted by molar-refractivity contribution is -0.124. The van der Waals surface area contributed by atoms with Gasteiger partial charge in [0.2, 0.25) is 5.91 Å². The Bertz CT molecular complexity index is 441. The molecular formula is C12H15Cl2NO4. The molecule has 0 aliphatic carbocycles. The maximum atomic E-state index is 11.8. The molecule has 0 fully saturated rings. The van der Waals surface area contributed by atoms with Crippen molar-refractivity contribution >= 4 is 29.1 Å². The number of halogens is 2. The molecule has 0 bridgehead atoms. The van der Waals surface area contributed by atoms with Crippen LogP contribution in [0, 0.1) is 0 Å². The third-order valence-electron chi connectivity index (χ3n) is 2.68. The van der Waals surface area contributed by atoms with Gasteiger partial charge in [-0.1, -0.05) is 29.3 Å². The van der Waals surface area contributed by atoms with Crippen LogP contribution in [0.5, 0.6) is 0 Å². The van der Waals surface area contributed by atoms with E-state index in [4.69, 9.17) is 38.5 Å². The normalized spacial score (nSPS) is 11.4. The van der Waals surface area contributed by atoms with Crippen molar-refractivity contribution in [2.24, 2.45) is 0 Å². The lowest BCUT2D eigenvalue weighted by Gasteiger charge is -2.28. The molecule has 1 rings (SSSR count). The van der Waals surface area contributed by atoms with E-state index < -0.39 is 31.3 Å². The molecule has 19 heavy (non-hydrogen) atoms. The molecule has 0 spiro atoms. The maximum Gasteiger partial charge on any atom is 0.225 e. The van der Waals surface area contributed by atoms with E-state index in [1.165, 1.54) is 6.07 Å². The average molecular weight is 308 g/mol. The Morgan fingerprint density at radius 3 is 2.21 bits per heavy atom. The summed E-state index contributed by atoms with van der Waals surface area (Å²) in [6.45, 7) is -1.71. The topological polar surface area (TPSA) is 89.8 Å². The van der Waals surface area contributed by atoms with E-state index in [9.17, 15) is 4.79 Å². The van der Waals surface area contributed by atoms with Crippen molar-refractivity contribution in [3.05, 3.63) is 33.8 Å². The van der Waals surface area contributed by atoms with Crippen LogP contribution in [0.1, 0.15) is 5.56 Å². The molecule has 0 aromatic heterocycles. The first-order valence-corrected chi connectivity index (χ1v) is 6.29. The highest BCUT2D eigenvalue weighted by molar-refractivity contribution is 6.35. The van der Waals surface area contributed by atoms with Crippen LogP contribution in [0.4, 0.5) is 0 Å². The summed E-state index contributed by atoms with van der Waals surface area (Å²) in [7, 11) is 0. The van der Waals surface area contributed by atoms with Crippen molar-refractivity contribution in [2.75, 3.05) is 19.8 Å². The maximum absolute atomic E-state index is 11.8. The zero-order valence-electron chi connectivity index (χ0n) is 10.1. The molecule has 106 valence electrons. The molecule has 0 heterocycles. The fraction of sp³-hybridized carbons (Fsp3) is 0.417. The minimum Gasteiger partial charge on any atom is -0.394 e. The molecular weight excluding hydrogens is 293 g/mol. The highest BCUT2D eigenvalue weighted by Crippen LogP contribution is 2.21. The Kier molecular flexibility index (Phi) is 6.03. The van der Waals surface area contributed by atoms with E-state index in [2.05, 4.69) is 5.32 Å². The number of amides is 1. The van der Waals surface area contributed by atoms with Gasteiger partial charge in [0.05, 0.1) is 26.2 Å². The summed E-state index contributed by atoms with van der Waals surface area (Å²) >= 11 is 11.7. The van der Waals surface area contributed by atoms with Crippen LogP contribution < -0.4 is 5.32 Å². The summed E-state index contributed by atoms with van der Waals surface area (Å²) in [5, 5.41) is 30.5. The Labute approximate surface area is 120 Å². The van der Waals surface area contributed by atoms with Crippen LogP contribution in [-0.2, 0) is 11.2 Å². The molecule has 0 aliphatic rings. The van der Waals surface area contributed by atoms with Gasteiger partial charge in [-0.3, -0.25) is 4.79 Å². The van der Waals surface area contributed by atoms with E-state index in [0.29, 0.717) is 15.6 Å². The van der Waals surface area contributed by atoms with Gasteiger partial charge < -0.3 is 20.6 Å². The predicted molar refractivity (Wildman–Crippen MR) is 72.3 cm³/mol. The third kappa shape index (κ3) is 4.33. The van der Waals surface area contributed by atoms with Crippen LogP contribution in [0.25, 0.3) is 0 Å². The molecule has 0 aliphatic heterocycles. The van der Waals surface area contributed by atoms with Crippen LogP contribution in [0.3, 0.4) is 0 Å². The van der Waals surface area contributed by atoms with Crippen LogP contribution in [0.15, 0.2) is 18.2 Å². The standard InChI is InChI=1S/C12H15Cl2NO4/c13-9-2-1-8(10(14)4-9)3-11(19)15-12(5-16,6-17)7-18/h1-2,4,16-18H,3,5-7H2,(H,15,19). The first-order valence-electron chi connectivity index (χ1n) is 5.54. The predicted octanol–water partition coefficient (Wildman–Crippen LogP) is 0.368. The minimum absolute atomic E-state index is 0.0439. The summed E-state index contributed by atoms with van der Waals surface area (Å²) in [4.78, 5) is 11.8. The van der Waals surface area contributed by atoms with Crippen molar-refractivity contribution in [3.8, 4) is 0 Å². The van der Waals surface area contributed by atoms with Gasteiger partial charge in [-0.15, -0.1) is 0 Å². The van der Waals surface area contributed by atoms with E-state index in [-0.39, 0.29) is 6.42 Å². The highest BCUT2D eigenvalue weighted by Gasteiger charge is 2.29. The molecule has 1 aromatic rings. The number of aliphatic hydroxyl groups is 3. The average Bonchev–Trinajstić information content (AvgIpc) is 2.39. The van der Waals surface area contributed by atoms with Crippen molar-refractivity contribution in [3.63, 3.8) is 0 Å². The monoisotopic (exact) mass is 307 g/mol. The second-order valence-electron chi connectivity index (χ2n) is 4.22. The van der Waals surface area contributed by atoms with Crippen molar-refractivity contribution in [1.82, 2.24) is 5.32 Å². The van der Waals surface area contributed by atoms with Gasteiger partial charge in [-0.05, 0) is 17.7 Å². The Hall–Kier alpha value is -0.850. The largest absolute Gasteiger partial charge is 0.394 e. The quantitative estimate of drug-likeness (QED) is 0.611. The lowest BCUT2D eigenvalue weighted by atomic mass is 10.0. The Balaban J connectivity index is 2.74. The first-order chi connectivity index (χ1) is 8.96. The van der Waals surface area contributed by atoms with Crippen molar-refractivity contribution in [1.29, 1.82) is 0 Å². The summed E-state index contributed by atoms with van der Waals surface area (Å²) in [5.74, 6) is -0.471. The summed E-state index contributed by atoms with van der Waals surface area (Å²) in [5.41, 5.74) is -0.873. The molecule has 1 amide bonds. The van der Waals surface area contributed by atoms with Gasteiger partial charge in [0.25, 0.3) is 0 Å². The summed E-state index contributed by atoms with van der Waals surface area (Å²) in [6, 6.07) is 4.74. The zero-order chi connectivity index (χ0) is 14.5. The van der Waals surface area contributed by atoms with E-state index in [1.807, 2.05) is 0 Å². The molecule has 0 saturated heterocycles. The minimum atomic E-state index is -1.43. The van der Waals surface area contributed by atoms with E-state index in [0.717, 1.165) is 0 Å². The van der Waals surface area contributed by atoms with Gasteiger partial charge in [-0.25, -0.2) is 0 Å². The van der Waals surface area contributed by atoms with Crippen LogP contribution >= 0.6 is 23.2 Å². The molecule has 0 atom stereocenters. The van der Waals surface area contributed by atoms with Crippen molar-refractivity contribution < 1.29 is 20.1 Å². The number of aliphatic hydroxyl groups excluding tert-OH is 3. The number of carbonyl (C=O) groups excluding carboxylic acids is 1. The van der Waals surface area contributed by atoms with E-state index >= 15 is 0 Å².